The van der Waals surface area contributed by atoms with E-state index in [0.29, 0.717) is 12.5 Å². The Kier molecular flexibility index (Phi) is 1.43. The fraction of sp³-hybridized carbons (Fsp3) is 1.00. The van der Waals surface area contributed by atoms with Crippen LogP contribution < -0.4 is 5.32 Å². The smallest absolute Gasteiger partial charge is 0.281 e. The number of nitrogens with one attached hydrogen (secondary N) is 1. The molecule has 0 spiro atoms. The number of piperidine rings is 1. The van der Waals surface area contributed by atoms with Crippen molar-refractivity contribution in [3.8, 4) is 0 Å². The minimum absolute atomic E-state index is 0.0890. The first-order chi connectivity index (χ1) is 5.35. The van der Waals surface area contributed by atoms with Crippen molar-refractivity contribution in [1.29, 1.82) is 0 Å². The molecule has 4 nitrogen and oxygen atoms in total. The maximum absolute atomic E-state index is 10.9. The lowest BCUT2D eigenvalue weighted by atomic mass is 10.1. The predicted molar refractivity (Wildman–Crippen MR) is 44.1 cm³/mol. The summed E-state index contributed by atoms with van der Waals surface area (Å²) in [6.45, 7) is 4.80. The van der Waals surface area contributed by atoms with Crippen LogP contribution in [0.1, 0.15) is 13.8 Å². The Morgan fingerprint density at radius 1 is 1.50 bits per heavy atom. The first kappa shape index (κ1) is 8.47. The van der Waals surface area contributed by atoms with Crippen molar-refractivity contribution in [2.75, 3.05) is 6.54 Å². The summed E-state index contributed by atoms with van der Waals surface area (Å²) in [5.41, 5.74) is 0.0890. The average Bonchev–Trinajstić information content (AvgIpc) is 2.34. The van der Waals surface area contributed by atoms with E-state index in [1.165, 1.54) is 0 Å². The van der Waals surface area contributed by atoms with Crippen LogP contribution in [0.5, 0.6) is 0 Å². The zero-order valence-electron chi connectivity index (χ0n) is 7.11. The van der Waals surface area contributed by atoms with Gasteiger partial charge in [0.1, 0.15) is 5.37 Å². The van der Waals surface area contributed by atoms with Gasteiger partial charge in [0.15, 0.2) is 0 Å². The van der Waals surface area contributed by atoms with Gasteiger partial charge >= 0.3 is 0 Å². The lowest BCUT2D eigenvalue weighted by Gasteiger charge is -2.15. The molecule has 1 aliphatic carbocycles. The van der Waals surface area contributed by atoms with Crippen LogP contribution in [0.25, 0.3) is 0 Å². The van der Waals surface area contributed by atoms with Crippen molar-refractivity contribution in [3.63, 3.8) is 0 Å². The van der Waals surface area contributed by atoms with E-state index in [4.69, 9.17) is 4.55 Å². The molecule has 2 N–H and O–H groups in total. The van der Waals surface area contributed by atoms with Crippen LogP contribution in [-0.2, 0) is 10.1 Å². The number of fused-ring (bicyclic) bond motifs is 1. The van der Waals surface area contributed by atoms with Gasteiger partial charge in [-0.25, -0.2) is 0 Å². The van der Waals surface area contributed by atoms with Crippen LogP contribution in [0, 0.1) is 17.3 Å². The Labute approximate surface area is 72.1 Å². The molecular weight excluding hydrogens is 178 g/mol. The fourth-order valence-electron chi connectivity index (χ4n) is 2.44. The third kappa shape index (κ3) is 0.932. The molecule has 0 radical (unpaired) electrons. The van der Waals surface area contributed by atoms with Crippen molar-refractivity contribution < 1.29 is 13.0 Å². The van der Waals surface area contributed by atoms with E-state index in [1.807, 2.05) is 13.8 Å². The summed E-state index contributed by atoms with van der Waals surface area (Å²) in [4.78, 5) is 0. The molecule has 2 rings (SSSR count). The summed E-state index contributed by atoms with van der Waals surface area (Å²) < 4.78 is 30.6. The second kappa shape index (κ2) is 2.02. The van der Waals surface area contributed by atoms with Gasteiger partial charge in [-0.05, 0) is 11.3 Å². The molecule has 0 aromatic rings. The molecule has 1 saturated heterocycles. The molecule has 5 heteroatoms. The average molecular weight is 191 g/mol. The highest BCUT2D eigenvalue weighted by molar-refractivity contribution is 7.86. The summed E-state index contributed by atoms with van der Waals surface area (Å²) in [6, 6.07) is 0. The second-order valence-electron chi connectivity index (χ2n) is 4.30. The van der Waals surface area contributed by atoms with Crippen molar-refractivity contribution in [2.24, 2.45) is 17.3 Å². The minimum atomic E-state index is -3.89. The number of hydrogen-bond donors (Lipinski definition) is 2. The molecule has 2 fully saturated rings. The Bertz CT molecular complexity index is 309. The van der Waals surface area contributed by atoms with Crippen molar-refractivity contribution >= 4 is 10.1 Å². The first-order valence-corrected chi connectivity index (χ1v) is 5.55. The Balaban J connectivity index is 2.24. The highest BCUT2D eigenvalue weighted by atomic mass is 32.2. The van der Waals surface area contributed by atoms with Crippen LogP contribution >= 0.6 is 0 Å². The molecule has 0 aromatic heterocycles. The van der Waals surface area contributed by atoms with E-state index in [9.17, 15) is 8.42 Å². The maximum atomic E-state index is 10.9. The summed E-state index contributed by atoms with van der Waals surface area (Å²) >= 11 is 0. The quantitative estimate of drug-likeness (QED) is 0.576. The lowest BCUT2D eigenvalue weighted by molar-refractivity contribution is 0.408. The molecule has 0 amide bonds. The van der Waals surface area contributed by atoms with E-state index in [2.05, 4.69) is 5.32 Å². The zero-order chi connectivity index (χ0) is 9.15. The SMILES string of the molecule is CC1(C)[C@@H]2[C@H]1CN[C@H]2S(=O)(=O)O. The second-order valence-corrected chi connectivity index (χ2v) is 5.84. The van der Waals surface area contributed by atoms with Crippen molar-refractivity contribution in [1.82, 2.24) is 5.32 Å². The molecule has 1 saturated carbocycles. The predicted octanol–water partition coefficient (Wildman–Crippen LogP) is 0.0757. The highest BCUT2D eigenvalue weighted by Crippen LogP contribution is 2.62. The van der Waals surface area contributed by atoms with Gasteiger partial charge < -0.3 is 0 Å². The van der Waals surface area contributed by atoms with E-state index >= 15 is 0 Å². The molecular formula is C7H13NO3S. The van der Waals surface area contributed by atoms with Gasteiger partial charge in [0, 0.05) is 12.5 Å². The Morgan fingerprint density at radius 3 is 2.33 bits per heavy atom. The van der Waals surface area contributed by atoms with Crippen LogP contribution in [0.3, 0.4) is 0 Å². The number of hydrogen-bond acceptors (Lipinski definition) is 3. The minimum Gasteiger partial charge on any atom is -0.299 e. The van der Waals surface area contributed by atoms with Gasteiger partial charge in [-0.1, -0.05) is 13.8 Å². The summed E-state index contributed by atoms with van der Waals surface area (Å²) in [6.07, 6.45) is 0. The Hall–Kier alpha value is -0.130. The van der Waals surface area contributed by atoms with Crippen LogP contribution in [0.15, 0.2) is 0 Å². The zero-order valence-corrected chi connectivity index (χ0v) is 7.93. The highest BCUT2D eigenvalue weighted by Gasteiger charge is 2.67. The Morgan fingerprint density at radius 2 is 2.08 bits per heavy atom. The summed E-state index contributed by atoms with van der Waals surface area (Å²) in [7, 11) is -3.89. The van der Waals surface area contributed by atoms with Gasteiger partial charge in [-0.15, -0.1) is 0 Å². The molecule has 2 aliphatic rings. The molecule has 1 aliphatic heterocycles. The molecule has 0 unspecified atom stereocenters. The van der Waals surface area contributed by atoms with E-state index in [0.717, 1.165) is 0 Å². The van der Waals surface area contributed by atoms with Crippen LogP contribution in [-0.4, -0.2) is 24.9 Å². The maximum Gasteiger partial charge on any atom is 0.281 e. The van der Waals surface area contributed by atoms with Gasteiger partial charge in [0.25, 0.3) is 10.1 Å². The molecule has 70 valence electrons. The van der Waals surface area contributed by atoms with Gasteiger partial charge in [0.2, 0.25) is 0 Å². The molecule has 0 bridgehead atoms. The van der Waals surface area contributed by atoms with Crippen LogP contribution in [0.2, 0.25) is 0 Å². The third-order valence-electron chi connectivity index (χ3n) is 3.33. The summed E-state index contributed by atoms with van der Waals surface area (Å²) in [5.74, 6) is 0.525. The topological polar surface area (TPSA) is 66.4 Å². The van der Waals surface area contributed by atoms with Gasteiger partial charge in [-0.2, -0.15) is 8.42 Å². The van der Waals surface area contributed by atoms with Gasteiger partial charge in [0.05, 0.1) is 0 Å². The molecule has 0 aromatic carbocycles. The van der Waals surface area contributed by atoms with Crippen molar-refractivity contribution in [3.05, 3.63) is 0 Å². The first-order valence-electron chi connectivity index (χ1n) is 4.05. The monoisotopic (exact) mass is 191 g/mol. The molecule has 12 heavy (non-hydrogen) atoms. The van der Waals surface area contributed by atoms with Crippen molar-refractivity contribution in [2.45, 2.75) is 19.2 Å². The largest absolute Gasteiger partial charge is 0.299 e. The third-order valence-corrected chi connectivity index (χ3v) is 4.43. The molecule has 3 atom stereocenters. The normalized spacial score (nSPS) is 44.1. The van der Waals surface area contributed by atoms with Gasteiger partial charge in [-0.3, -0.25) is 9.87 Å². The lowest BCUT2D eigenvalue weighted by Crippen LogP contribution is -2.37. The van der Waals surface area contributed by atoms with E-state index in [-0.39, 0.29) is 11.3 Å². The summed E-state index contributed by atoms with van der Waals surface area (Å²) in [5, 5.41) is 2.09. The number of rotatable bonds is 1. The molecule has 1 heterocycles. The fourth-order valence-corrected chi connectivity index (χ4v) is 3.66. The van der Waals surface area contributed by atoms with E-state index < -0.39 is 15.5 Å². The standard InChI is InChI=1S/C7H13NO3S/c1-7(2)4-3-8-6(5(4)7)12(9,10)11/h4-6,8H,3H2,1-2H3,(H,9,10,11)/t4-,5-,6+/m1/s1. The van der Waals surface area contributed by atoms with Crippen LogP contribution in [0.4, 0.5) is 0 Å². The van der Waals surface area contributed by atoms with E-state index in [1.54, 1.807) is 0 Å².